The molecule has 2 aromatic carbocycles. The Hall–Kier alpha value is -1.82. The van der Waals surface area contributed by atoms with E-state index in [9.17, 15) is 0 Å². The fourth-order valence-electron chi connectivity index (χ4n) is 3.02. The summed E-state index contributed by atoms with van der Waals surface area (Å²) in [4.78, 5) is 0. The maximum absolute atomic E-state index is 2.42. The molecule has 0 aliphatic heterocycles. The van der Waals surface area contributed by atoms with Crippen LogP contribution in [0.15, 0.2) is 60.2 Å². The molecule has 128 valence electrons. The van der Waals surface area contributed by atoms with Crippen molar-refractivity contribution in [1.29, 1.82) is 0 Å². The highest BCUT2D eigenvalue weighted by Gasteiger charge is 2.04. The number of hydrogen-bond acceptors (Lipinski definition) is 0. The third-order valence-corrected chi connectivity index (χ3v) is 4.97. The Labute approximate surface area is 148 Å². The van der Waals surface area contributed by atoms with E-state index >= 15 is 0 Å². The van der Waals surface area contributed by atoms with Gasteiger partial charge in [-0.05, 0) is 62.1 Å². The number of aryl methyl sites for hydroxylation is 2. The molecule has 0 spiro atoms. The van der Waals surface area contributed by atoms with Crippen LogP contribution in [-0.2, 0) is 6.42 Å². The quantitative estimate of drug-likeness (QED) is 0.445. The molecule has 2 aromatic rings. The third kappa shape index (κ3) is 5.67. The summed E-state index contributed by atoms with van der Waals surface area (Å²) in [6.45, 7) is 9.03. The first-order chi connectivity index (χ1) is 11.6. The Morgan fingerprint density at radius 3 is 2.12 bits per heavy atom. The summed E-state index contributed by atoms with van der Waals surface area (Å²) in [7, 11) is 0. The minimum atomic E-state index is 0.711. The predicted octanol–water partition coefficient (Wildman–Crippen LogP) is 7.37. The highest BCUT2D eigenvalue weighted by molar-refractivity contribution is 5.63. The minimum Gasteiger partial charge on any atom is -0.0854 e. The van der Waals surface area contributed by atoms with E-state index in [1.807, 2.05) is 0 Å². The van der Waals surface area contributed by atoms with Crippen molar-refractivity contribution in [2.45, 2.75) is 59.8 Å². The van der Waals surface area contributed by atoms with Crippen LogP contribution in [-0.4, -0.2) is 0 Å². The average molecular weight is 321 g/mol. The van der Waals surface area contributed by atoms with Crippen molar-refractivity contribution in [1.82, 2.24) is 0 Å². The van der Waals surface area contributed by atoms with Gasteiger partial charge >= 0.3 is 0 Å². The second-order valence-corrected chi connectivity index (χ2v) is 7.09. The van der Waals surface area contributed by atoms with Crippen LogP contribution in [0, 0.1) is 12.8 Å². The molecule has 1 atom stereocenters. The molecule has 1 unspecified atom stereocenters. The maximum Gasteiger partial charge on any atom is -0.0184 e. The van der Waals surface area contributed by atoms with Crippen LogP contribution < -0.4 is 0 Å². The molecule has 0 saturated heterocycles. The second kappa shape index (κ2) is 9.47. The summed E-state index contributed by atoms with van der Waals surface area (Å²) in [6, 6.07) is 17.9. The summed E-state index contributed by atoms with van der Waals surface area (Å²) in [5, 5.41) is 0. The first-order valence-corrected chi connectivity index (χ1v) is 9.42. The van der Waals surface area contributed by atoms with Gasteiger partial charge in [0.25, 0.3) is 0 Å². The molecule has 0 heteroatoms. The molecule has 0 radical (unpaired) electrons. The van der Waals surface area contributed by atoms with E-state index in [1.54, 1.807) is 5.57 Å². The molecule has 0 fully saturated rings. The van der Waals surface area contributed by atoms with Crippen LogP contribution in [0.3, 0.4) is 0 Å². The molecular weight excluding hydrogens is 288 g/mol. The van der Waals surface area contributed by atoms with Crippen molar-refractivity contribution in [3.05, 3.63) is 71.3 Å². The Bertz CT molecular complexity index is 629. The van der Waals surface area contributed by atoms with Crippen molar-refractivity contribution < 1.29 is 0 Å². The van der Waals surface area contributed by atoms with Gasteiger partial charge < -0.3 is 0 Å². The first kappa shape index (κ1) is 18.5. The molecule has 0 aromatic heterocycles. The first-order valence-electron chi connectivity index (χ1n) is 9.42. The van der Waals surface area contributed by atoms with Gasteiger partial charge in [0.05, 0.1) is 0 Å². The SMILES string of the molecule is CCCC=C(C)C(C)CCCc1ccc(-c2ccc(C)cc2)cc1. The number of hydrogen-bond donors (Lipinski definition) is 0. The van der Waals surface area contributed by atoms with E-state index in [0.717, 1.165) is 0 Å². The molecular formula is C24H32. The van der Waals surface area contributed by atoms with E-state index in [0.29, 0.717) is 5.92 Å². The Morgan fingerprint density at radius 2 is 1.54 bits per heavy atom. The van der Waals surface area contributed by atoms with Crippen LogP contribution in [0.4, 0.5) is 0 Å². The molecule has 2 rings (SSSR count). The summed E-state index contributed by atoms with van der Waals surface area (Å²) < 4.78 is 0. The number of allylic oxidation sites excluding steroid dienone is 2. The Balaban J connectivity index is 1.85. The van der Waals surface area contributed by atoms with Gasteiger partial charge in [-0.15, -0.1) is 0 Å². The molecule has 0 nitrogen and oxygen atoms in total. The summed E-state index contributed by atoms with van der Waals surface area (Å²) in [5.74, 6) is 0.711. The normalized spacial score (nSPS) is 13.1. The zero-order chi connectivity index (χ0) is 17.4. The van der Waals surface area contributed by atoms with Crippen LogP contribution >= 0.6 is 0 Å². The lowest BCUT2D eigenvalue weighted by atomic mass is 9.94. The zero-order valence-electron chi connectivity index (χ0n) is 15.8. The standard InChI is InChI=1S/C24H32/c1-5-6-8-20(3)21(4)9-7-10-22-13-17-24(18-14-22)23-15-11-19(2)12-16-23/h8,11-18,21H,5-7,9-10H2,1-4H3. The number of unbranched alkanes of at least 4 members (excludes halogenated alkanes) is 1. The van der Waals surface area contributed by atoms with Gasteiger partial charge in [-0.2, -0.15) is 0 Å². The monoisotopic (exact) mass is 320 g/mol. The molecule has 0 bridgehead atoms. The molecule has 0 heterocycles. The lowest BCUT2D eigenvalue weighted by molar-refractivity contribution is 0.576. The largest absolute Gasteiger partial charge is 0.0854 e. The second-order valence-electron chi connectivity index (χ2n) is 7.09. The Kier molecular flexibility index (Phi) is 7.31. The lowest BCUT2D eigenvalue weighted by Gasteiger charge is -2.12. The number of benzene rings is 2. The summed E-state index contributed by atoms with van der Waals surface area (Å²) in [6.07, 6.45) is 8.61. The smallest absolute Gasteiger partial charge is 0.0184 e. The van der Waals surface area contributed by atoms with E-state index in [-0.39, 0.29) is 0 Å². The fourth-order valence-corrected chi connectivity index (χ4v) is 3.02. The number of rotatable bonds is 8. The average Bonchev–Trinajstić information content (AvgIpc) is 2.61. The maximum atomic E-state index is 2.42. The van der Waals surface area contributed by atoms with Gasteiger partial charge in [-0.1, -0.05) is 86.0 Å². The predicted molar refractivity (Wildman–Crippen MR) is 107 cm³/mol. The van der Waals surface area contributed by atoms with E-state index in [2.05, 4.69) is 82.3 Å². The molecule has 0 aliphatic rings. The van der Waals surface area contributed by atoms with Crippen LogP contribution in [0.2, 0.25) is 0 Å². The van der Waals surface area contributed by atoms with Gasteiger partial charge in [-0.3, -0.25) is 0 Å². The molecule has 0 N–H and O–H groups in total. The molecule has 0 aliphatic carbocycles. The lowest BCUT2D eigenvalue weighted by Crippen LogP contribution is -1.98. The zero-order valence-corrected chi connectivity index (χ0v) is 15.8. The Morgan fingerprint density at radius 1 is 0.958 bits per heavy atom. The van der Waals surface area contributed by atoms with E-state index < -0.39 is 0 Å². The van der Waals surface area contributed by atoms with Gasteiger partial charge in [0.15, 0.2) is 0 Å². The van der Waals surface area contributed by atoms with Crippen molar-refractivity contribution in [2.24, 2.45) is 5.92 Å². The van der Waals surface area contributed by atoms with Crippen LogP contribution in [0.5, 0.6) is 0 Å². The molecule has 0 saturated carbocycles. The highest BCUT2D eigenvalue weighted by Crippen LogP contribution is 2.22. The molecule has 24 heavy (non-hydrogen) atoms. The van der Waals surface area contributed by atoms with Gasteiger partial charge in [0.2, 0.25) is 0 Å². The minimum absolute atomic E-state index is 0.711. The van der Waals surface area contributed by atoms with Gasteiger partial charge in [0, 0.05) is 0 Å². The van der Waals surface area contributed by atoms with Crippen molar-refractivity contribution >= 4 is 0 Å². The summed E-state index contributed by atoms with van der Waals surface area (Å²) >= 11 is 0. The van der Waals surface area contributed by atoms with Crippen LogP contribution in [0.1, 0.15) is 57.6 Å². The van der Waals surface area contributed by atoms with Gasteiger partial charge in [-0.25, -0.2) is 0 Å². The summed E-state index contributed by atoms with van der Waals surface area (Å²) in [5.41, 5.74) is 6.94. The van der Waals surface area contributed by atoms with Crippen LogP contribution in [0.25, 0.3) is 11.1 Å². The van der Waals surface area contributed by atoms with Crippen molar-refractivity contribution in [2.75, 3.05) is 0 Å². The van der Waals surface area contributed by atoms with E-state index in [1.165, 1.54) is 54.4 Å². The fraction of sp³-hybridized carbons (Fsp3) is 0.417. The van der Waals surface area contributed by atoms with Crippen molar-refractivity contribution in [3.8, 4) is 11.1 Å². The van der Waals surface area contributed by atoms with Gasteiger partial charge in [0.1, 0.15) is 0 Å². The van der Waals surface area contributed by atoms with E-state index in [4.69, 9.17) is 0 Å². The highest BCUT2D eigenvalue weighted by atomic mass is 14.1. The third-order valence-electron chi connectivity index (χ3n) is 4.97. The topological polar surface area (TPSA) is 0 Å². The molecule has 0 amide bonds. The van der Waals surface area contributed by atoms with Crippen molar-refractivity contribution in [3.63, 3.8) is 0 Å².